The number of benzene rings is 1. The fourth-order valence-electron chi connectivity index (χ4n) is 2.51. The first-order valence-electron chi connectivity index (χ1n) is 7.75. The molecule has 1 aliphatic heterocycles. The van der Waals surface area contributed by atoms with Crippen molar-refractivity contribution in [3.63, 3.8) is 0 Å². The van der Waals surface area contributed by atoms with Crippen LogP contribution in [-0.4, -0.2) is 23.8 Å². The fourth-order valence-corrected chi connectivity index (χ4v) is 3.16. The Morgan fingerprint density at radius 2 is 2.12 bits per heavy atom. The van der Waals surface area contributed by atoms with Gasteiger partial charge < -0.3 is 20.1 Å². The van der Waals surface area contributed by atoms with E-state index < -0.39 is 6.04 Å². The molecule has 2 N–H and O–H groups in total. The van der Waals surface area contributed by atoms with E-state index in [4.69, 9.17) is 21.7 Å². The van der Waals surface area contributed by atoms with Gasteiger partial charge in [0.25, 0.3) is 0 Å². The van der Waals surface area contributed by atoms with Gasteiger partial charge in [0.05, 0.1) is 24.3 Å². The van der Waals surface area contributed by atoms with Crippen LogP contribution in [0.1, 0.15) is 39.3 Å². The van der Waals surface area contributed by atoms with E-state index in [1.165, 1.54) is 0 Å². The summed E-state index contributed by atoms with van der Waals surface area (Å²) in [6.07, 6.45) is -0.207. The Kier molecular flexibility index (Phi) is 6.23. The normalized spacial score (nSPS) is 17.4. The molecule has 1 atom stereocenters. The number of hydrogen-bond donors (Lipinski definition) is 2. The molecule has 0 unspecified atom stereocenters. The van der Waals surface area contributed by atoms with Crippen molar-refractivity contribution in [1.29, 1.82) is 0 Å². The summed E-state index contributed by atoms with van der Waals surface area (Å²) in [6.45, 7) is 7.90. The van der Waals surface area contributed by atoms with E-state index in [0.29, 0.717) is 28.7 Å². The van der Waals surface area contributed by atoms with Crippen molar-refractivity contribution >= 4 is 39.2 Å². The fraction of sp³-hybridized carbons (Fsp3) is 0.412. The van der Waals surface area contributed by atoms with Gasteiger partial charge in [0.15, 0.2) is 5.11 Å². The summed E-state index contributed by atoms with van der Waals surface area (Å²) in [5.41, 5.74) is 2.00. The van der Waals surface area contributed by atoms with Crippen LogP contribution >= 0.6 is 28.1 Å². The molecular formula is C17H21BrN2O3S. The predicted octanol–water partition coefficient (Wildman–Crippen LogP) is 3.59. The molecule has 5 nitrogen and oxygen atoms in total. The molecule has 0 saturated carbocycles. The van der Waals surface area contributed by atoms with Crippen LogP contribution in [0.5, 0.6) is 5.75 Å². The Morgan fingerprint density at radius 3 is 2.75 bits per heavy atom. The maximum absolute atomic E-state index is 12.6. The zero-order valence-electron chi connectivity index (χ0n) is 14.1. The van der Waals surface area contributed by atoms with Crippen LogP contribution < -0.4 is 15.4 Å². The van der Waals surface area contributed by atoms with Crippen LogP contribution in [0.25, 0.3) is 0 Å². The second kappa shape index (κ2) is 7.98. The molecule has 0 saturated heterocycles. The highest BCUT2D eigenvalue weighted by molar-refractivity contribution is 9.10. The van der Waals surface area contributed by atoms with E-state index in [0.717, 1.165) is 10.0 Å². The van der Waals surface area contributed by atoms with Crippen molar-refractivity contribution in [1.82, 2.24) is 10.6 Å². The average Bonchev–Trinajstić information content (AvgIpc) is 2.47. The Morgan fingerprint density at radius 1 is 1.42 bits per heavy atom. The second-order valence-corrected chi connectivity index (χ2v) is 6.96. The highest BCUT2D eigenvalue weighted by Crippen LogP contribution is 2.35. The first kappa shape index (κ1) is 18.7. The molecule has 1 heterocycles. The van der Waals surface area contributed by atoms with Crippen LogP contribution in [0.3, 0.4) is 0 Å². The molecule has 130 valence electrons. The summed E-state index contributed by atoms with van der Waals surface area (Å²) in [4.78, 5) is 12.6. The Hall–Kier alpha value is -1.60. The third-order valence-electron chi connectivity index (χ3n) is 3.41. The van der Waals surface area contributed by atoms with E-state index in [2.05, 4.69) is 26.6 Å². The van der Waals surface area contributed by atoms with Crippen LogP contribution in [-0.2, 0) is 9.53 Å². The molecule has 1 aromatic rings. The number of esters is 1. The largest absolute Gasteiger partial charge is 0.494 e. The molecule has 2 rings (SSSR count). The molecule has 0 spiro atoms. The maximum atomic E-state index is 12.6. The van der Waals surface area contributed by atoms with Gasteiger partial charge >= 0.3 is 5.97 Å². The van der Waals surface area contributed by atoms with Gasteiger partial charge in [0.1, 0.15) is 5.75 Å². The second-order valence-electron chi connectivity index (χ2n) is 5.64. The average molecular weight is 413 g/mol. The Balaban J connectivity index is 2.53. The standard InChI is InChI=1S/C17H21BrN2O3S/c1-5-22-13-7-6-11(18)8-12(13)15-14(16(21)23-9(2)3)10(4)19-17(24)20-15/h6-9,15H,5H2,1-4H3,(H2,19,20,24)/t15-/m1/s1. The monoisotopic (exact) mass is 412 g/mol. The van der Waals surface area contributed by atoms with Gasteiger partial charge in [0, 0.05) is 15.7 Å². The van der Waals surface area contributed by atoms with E-state index in [1.54, 1.807) is 0 Å². The lowest BCUT2D eigenvalue weighted by Crippen LogP contribution is -2.45. The molecular weight excluding hydrogens is 392 g/mol. The quantitative estimate of drug-likeness (QED) is 0.569. The summed E-state index contributed by atoms with van der Waals surface area (Å²) >= 11 is 8.74. The van der Waals surface area contributed by atoms with Gasteiger partial charge in [-0.3, -0.25) is 0 Å². The van der Waals surface area contributed by atoms with E-state index in [9.17, 15) is 4.79 Å². The predicted molar refractivity (Wildman–Crippen MR) is 101 cm³/mol. The van der Waals surface area contributed by atoms with Crippen molar-refractivity contribution in [3.05, 3.63) is 39.5 Å². The van der Waals surface area contributed by atoms with E-state index in [-0.39, 0.29) is 12.1 Å². The van der Waals surface area contributed by atoms with Crippen LogP contribution in [0.15, 0.2) is 33.9 Å². The lowest BCUT2D eigenvalue weighted by atomic mass is 9.95. The zero-order valence-corrected chi connectivity index (χ0v) is 16.5. The van der Waals surface area contributed by atoms with Crippen LogP contribution in [0, 0.1) is 0 Å². The van der Waals surface area contributed by atoms with Crippen molar-refractivity contribution in [3.8, 4) is 5.75 Å². The van der Waals surface area contributed by atoms with Crippen molar-refractivity contribution in [2.24, 2.45) is 0 Å². The molecule has 0 bridgehead atoms. The topological polar surface area (TPSA) is 59.6 Å². The molecule has 0 radical (unpaired) electrons. The van der Waals surface area contributed by atoms with Gasteiger partial charge in [0.2, 0.25) is 0 Å². The highest BCUT2D eigenvalue weighted by atomic mass is 79.9. The smallest absolute Gasteiger partial charge is 0.338 e. The van der Waals surface area contributed by atoms with Crippen molar-refractivity contribution in [2.45, 2.75) is 39.8 Å². The lowest BCUT2D eigenvalue weighted by Gasteiger charge is -2.31. The Labute approximate surface area is 155 Å². The summed E-state index contributed by atoms with van der Waals surface area (Å²) in [6, 6.07) is 5.25. The summed E-state index contributed by atoms with van der Waals surface area (Å²) in [5, 5.41) is 6.61. The third kappa shape index (κ3) is 4.27. The zero-order chi connectivity index (χ0) is 17.9. The maximum Gasteiger partial charge on any atom is 0.338 e. The summed E-state index contributed by atoms with van der Waals surface area (Å²) < 4.78 is 12.0. The number of hydrogen-bond acceptors (Lipinski definition) is 4. The third-order valence-corrected chi connectivity index (χ3v) is 4.13. The van der Waals surface area contributed by atoms with Crippen molar-refractivity contribution in [2.75, 3.05) is 6.61 Å². The Bertz CT molecular complexity index is 688. The number of thiocarbonyl (C=S) groups is 1. The minimum absolute atomic E-state index is 0.207. The minimum Gasteiger partial charge on any atom is -0.494 e. The van der Waals surface area contributed by atoms with E-state index in [1.807, 2.05) is 45.9 Å². The molecule has 0 aromatic heterocycles. The first-order chi connectivity index (χ1) is 11.3. The number of rotatable bonds is 5. The minimum atomic E-state index is -0.441. The van der Waals surface area contributed by atoms with Crippen LogP contribution in [0.2, 0.25) is 0 Å². The van der Waals surface area contributed by atoms with Gasteiger partial charge in [-0.2, -0.15) is 0 Å². The SMILES string of the molecule is CCOc1ccc(Br)cc1[C@H]1NC(=S)NC(C)=C1C(=O)OC(C)C. The number of nitrogens with one attached hydrogen (secondary N) is 2. The number of carbonyl (C=O) groups excluding carboxylic acids is 1. The van der Waals surface area contributed by atoms with E-state index >= 15 is 0 Å². The van der Waals surface area contributed by atoms with Crippen molar-refractivity contribution < 1.29 is 14.3 Å². The van der Waals surface area contributed by atoms with Gasteiger partial charge in [-0.15, -0.1) is 0 Å². The summed E-state index contributed by atoms with van der Waals surface area (Å²) in [5.74, 6) is 0.322. The highest BCUT2D eigenvalue weighted by Gasteiger charge is 2.33. The molecule has 0 aliphatic carbocycles. The first-order valence-corrected chi connectivity index (χ1v) is 8.95. The number of ether oxygens (including phenoxy) is 2. The number of halogens is 1. The molecule has 1 aliphatic rings. The summed E-state index contributed by atoms with van der Waals surface area (Å²) in [7, 11) is 0. The lowest BCUT2D eigenvalue weighted by molar-refractivity contribution is -0.143. The number of carbonyl (C=O) groups is 1. The van der Waals surface area contributed by atoms with Gasteiger partial charge in [-0.05, 0) is 58.1 Å². The molecule has 7 heteroatoms. The molecule has 1 aromatic carbocycles. The number of allylic oxidation sites excluding steroid dienone is 1. The molecule has 24 heavy (non-hydrogen) atoms. The molecule has 0 amide bonds. The molecule has 0 fully saturated rings. The van der Waals surface area contributed by atoms with Crippen LogP contribution in [0.4, 0.5) is 0 Å². The van der Waals surface area contributed by atoms with Gasteiger partial charge in [-0.25, -0.2) is 4.79 Å². The van der Waals surface area contributed by atoms with Gasteiger partial charge in [-0.1, -0.05) is 15.9 Å².